The second-order valence-electron chi connectivity index (χ2n) is 2.91. The van der Waals surface area contributed by atoms with Gasteiger partial charge < -0.3 is 5.11 Å². The fraction of sp³-hybridized carbons (Fsp3) is 0.100. The molecule has 0 aliphatic heterocycles. The summed E-state index contributed by atoms with van der Waals surface area (Å²) in [5.41, 5.74) is 0.128. The standard InChI is InChI=1S/C10H7F2NO/c11-10(12)8-3-1-2-6-4-7(14)5-13-9(6)8/h1-5,10,14H. The van der Waals surface area contributed by atoms with Gasteiger partial charge in [0.1, 0.15) is 5.75 Å². The Bertz CT molecular complexity index is 471. The number of aromatic hydroxyl groups is 1. The van der Waals surface area contributed by atoms with Crippen molar-refractivity contribution in [1.82, 2.24) is 4.98 Å². The molecule has 4 heteroatoms. The van der Waals surface area contributed by atoms with Crippen LogP contribution in [0.15, 0.2) is 30.5 Å². The van der Waals surface area contributed by atoms with Crippen molar-refractivity contribution in [2.75, 3.05) is 0 Å². The van der Waals surface area contributed by atoms with Crippen molar-refractivity contribution >= 4 is 10.9 Å². The summed E-state index contributed by atoms with van der Waals surface area (Å²) in [6, 6.07) is 5.89. The van der Waals surface area contributed by atoms with Gasteiger partial charge in [0.2, 0.25) is 0 Å². The molecule has 0 unspecified atom stereocenters. The van der Waals surface area contributed by atoms with Crippen molar-refractivity contribution in [2.45, 2.75) is 6.43 Å². The molecular formula is C10H7F2NO. The van der Waals surface area contributed by atoms with Crippen LogP contribution < -0.4 is 0 Å². The normalized spacial score (nSPS) is 11.1. The molecule has 0 bridgehead atoms. The van der Waals surface area contributed by atoms with Gasteiger partial charge in [-0.05, 0) is 6.07 Å². The van der Waals surface area contributed by atoms with E-state index in [2.05, 4.69) is 4.98 Å². The van der Waals surface area contributed by atoms with E-state index in [-0.39, 0.29) is 16.8 Å². The second-order valence-corrected chi connectivity index (χ2v) is 2.91. The van der Waals surface area contributed by atoms with Gasteiger partial charge in [0, 0.05) is 10.9 Å². The quantitative estimate of drug-likeness (QED) is 0.758. The summed E-state index contributed by atoms with van der Waals surface area (Å²) < 4.78 is 25.0. The first-order chi connectivity index (χ1) is 6.68. The molecule has 0 aliphatic carbocycles. The molecule has 0 amide bonds. The third-order valence-corrected chi connectivity index (χ3v) is 1.96. The van der Waals surface area contributed by atoms with Crippen LogP contribution in [0.25, 0.3) is 10.9 Å². The summed E-state index contributed by atoms with van der Waals surface area (Å²) >= 11 is 0. The average Bonchev–Trinajstić information content (AvgIpc) is 2.16. The van der Waals surface area contributed by atoms with Crippen LogP contribution in [0.5, 0.6) is 5.75 Å². The molecule has 1 aromatic heterocycles. The number of para-hydroxylation sites is 1. The third kappa shape index (κ3) is 1.39. The molecule has 14 heavy (non-hydrogen) atoms. The predicted octanol–water partition coefficient (Wildman–Crippen LogP) is 2.88. The van der Waals surface area contributed by atoms with E-state index in [4.69, 9.17) is 5.11 Å². The highest BCUT2D eigenvalue weighted by molar-refractivity contribution is 5.82. The fourth-order valence-corrected chi connectivity index (χ4v) is 1.35. The van der Waals surface area contributed by atoms with Crippen LogP contribution in [0, 0.1) is 0 Å². The van der Waals surface area contributed by atoms with E-state index in [0.29, 0.717) is 5.39 Å². The zero-order valence-corrected chi connectivity index (χ0v) is 7.11. The molecule has 2 nitrogen and oxygen atoms in total. The molecule has 0 radical (unpaired) electrons. The van der Waals surface area contributed by atoms with Crippen molar-refractivity contribution in [3.8, 4) is 5.75 Å². The largest absolute Gasteiger partial charge is 0.506 e. The monoisotopic (exact) mass is 195 g/mol. The highest BCUT2D eigenvalue weighted by Gasteiger charge is 2.11. The van der Waals surface area contributed by atoms with Gasteiger partial charge in [0.25, 0.3) is 6.43 Å². The summed E-state index contributed by atoms with van der Waals surface area (Å²) in [4.78, 5) is 3.77. The molecule has 0 saturated heterocycles. The number of fused-ring (bicyclic) bond motifs is 1. The lowest BCUT2D eigenvalue weighted by atomic mass is 10.1. The first-order valence-corrected chi connectivity index (χ1v) is 4.04. The Kier molecular flexibility index (Phi) is 2.04. The van der Waals surface area contributed by atoms with Crippen molar-refractivity contribution in [1.29, 1.82) is 0 Å². The Morgan fingerprint density at radius 2 is 2.07 bits per heavy atom. The number of halogens is 2. The Morgan fingerprint density at radius 3 is 2.79 bits per heavy atom. The van der Waals surface area contributed by atoms with Gasteiger partial charge in [-0.2, -0.15) is 0 Å². The lowest BCUT2D eigenvalue weighted by Crippen LogP contribution is -1.88. The maximum atomic E-state index is 12.5. The molecule has 72 valence electrons. The van der Waals surface area contributed by atoms with Gasteiger partial charge in [-0.3, -0.25) is 4.98 Å². The van der Waals surface area contributed by atoms with E-state index in [9.17, 15) is 8.78 Å². The summed E-state index contributed by atoms with van der Waals surface area (Å²) in [5, 5.41) is 9.63. The smallest absolute Gasteiger partial charge is 0.265 e. The maximum Gasteiger partial charge on any atom is 0.265 e. The number of nitrogens with zero attached hydrogens (tertiary/aromatic N) is 1. The number of aromatic nitrogens is 1. The average molecular weight is 195 g/mol. The molecule has 0 atom stereocenters. The molecule has 1 aromatic carbocycles. The third-order valence-electron chi connectivity index (χ3n) is 1.96. The van der Waals surface area contributed by atoms with E-state index in [0.717, 1.165) is 6.20 Å². The number of alkyl halides is 2. The van der Waals surface area contributed by atoms with Gasteiger partial charge in [0.15, 0.2) is 0 Å². The minimum Gasteiger partial charge on any atom is -0.506 e. The Morgan fingerprint density at radius 1 is 1.29 bits per heavy atom. The van der Waals surface area contributed by atoms with Crippen LogP contribution in [0.2, 0.25) is 0 Å². The van der Waals surface area contributed by atoms with Crippen LogP contribution in [-0.2, 0) is 0 Å². The SMILES string of the molecule is Oc1cnc2c(C(F)F)cccc2c1. The van der Waals surface area contributed by atoms with E-state index in [1.807, 2.05) is 0 Å². The lowest BCUT2D eigenvalue weighted by Gasteiger charge is -2.04. The summed E-state index contributed by atoms with van der Waals surface area (Å²) in [7, 11) is 0. The minimum absolute atomic E-state index is 0.0242. The highest BCUT2D eigenvalue weighted by atomic mass is 19.3. The van der Waals surface area contributed by atoms with Crippen LogP contribution in [0.4, 0.5) is 8.78 Å². The topological polar surface area (TPSA) is 33.1 Å². The van der Waals surface area contributed by atoms with E-state index in [1.165, 1.54) is 18.2 Å². The van der Waals surface area contributed by atoms with Gasteiger partial charge in [-0.1, -0.05) is 18.2 Å². The van der Waals surface area contributed by atoms with E-state index < -0.39 is 6.43 Å². The van der Waals surface area contributed by atoms with Gasteiger partial charge >= 0.3 is 0 Å². The number of hydrogen-bond acceptors (Lipinski definition) is 2. The van der Waals surface area contributed by atoms with Crippen molar-refractivity contribution in [3.05, 3.63) is 36.0 Å². The molecule has 1 N–H and O–H groups in total. The first-order valence-electron chi connectivity index (χ1n) is 4.04. The Balaban J connectivity index is 2.75. The van der Waals surface area contributed by atoms with Crippen LogP contribution in [-0.4, -0.2) is 10.1 Å². The van der Waals surface area contributed by atoms with Crippen LogP contribution >= 0.6 is 0 Å². The number of benzene rings is 1. The van der Waals surface area contributed by atoms with Crippen molar-refractivity contribution in [2.24, 2.45) is 0 Å². The highest BCUT2D eigenvalue weighted by Crippen LogP contribution is 2.27. The Labute approximate surface area is 78.8 Å². The Hall–Kier alpha value is -1.71. The molecule has 0 aliphatic rings. The summed E-state index contributed by atoms with van der Waals surface area (Å²) in [5.74, 6) is -0.0242. The van der Waals surface area contributed by atoms with Crippen molar-refractivity contribution < 1.29 is 13.9 Å². The molecule has 0 spiro atoms. The van der Waals surface area contributed by atoms with Crippen molar-refractivity contribution in [3.63, 3.8) is 0 Å². The summed E-state index contributed by atoms with van der Waals surface area (Å²) in [6.45, 7) is 0. The first kappa shape index (κ1) is 8.87. The molecule has 2 aromatic rings. The summed E-state index contributed by atoms with van der Waals surface area (Å²) in [6.07, 6.45) is -1.38. The van der Waals surface area contributed by atoms with E-state index in [1.54, 1.807) is 6.07 Å². The zero-order chi connectivity index (χ0) is 10.1. The maximum absolute atomic E-state index is 12.5. The van der Waals surface area contributed by atoms with Crippen LogP contribution in [0.3, 0.4) is 0 Å². The van der Waals surface area contributed by atoms with E-state index >= 15 is 0 Å². The fourth-order valence-electron chi connectivity index (χ4n) is 1.35. The number of pyridine rings is 1. The van der Waals surface area contributed by atoms with Crippen LogP contribution in [0.1, 0.15) is 12.0 Å². The lowest BCUT2D eigenvalue weighted by molar-refractivity contribution is 0.153. The second kappa shape index (κ2) is 3.21. The van der Waals surface area contributed by atoms with Gasteiger partial charge in [-0.15, -0.1) is 0 Å². The number of hydrogen-bond donors (Lipinski definition) is 1. The minimum atomic E-state index is -2.55. The van der Waals surface area contributed by atoms with Gasteiger partial charge in [0.05, 0.1) is 11.7 Å². The number of rotatable bonds is 1. The van der Waals surface area contributed by atoms with Gasteiger partial charge in [-0.25, -0.2) is 8.78 Å². The molecular weight excluding hydrogens is 188 g/mol. The molecule has 0 saturated carbocycles. The molecule has 1 heterocycles. The molecule has 0 fully saturated rings. The molecule has 2 rings (SSSR count). The predicted molar refractivity (Wildman–Crippen MR) is 48.4 cm³/mol. The zero-order valence-electron chi connectivity index (χ0n) is 7.11.